The molecule has 0 spiro atoms. The number of nitrogens with zero attached hydrogens (tertiary/aromatic N) is 3. The number of sulfonamides is 2. The number of pyridine rings is 1. The van der Waals surface area contributed by atoms with Gasteiger partial charge in [0.25, 0.3) is 6.43 Å². The van der Waals surface area contributed by atoms with Crippen molar-refractivity contribution in [2.24, 2.45) is 10.3 Å². The van der Waals surface area contributed by atoms with E-state index in [2.05, 4.69) is 20.7 Å². The van der Waals surface area contributed by atoms with E-state index in [1.807, 2.05) is 6.20 Å². The van der Waals surface area contributed by atoms with Crippen LogP contribution in [0.15, 0.2) is 126 Å². The molecule has 306 valence electrons. The normalized spacial score (nSPS) is 12.7. The molecule has 1 aliphatic rings. The highest BCUT2D eigenvalue weighted by Gasteiger charge is 2.26. The zero-order valence-electron chi connectivity index (χ0n) is 30.7. The van der Waals surface area contributed by atoms with Gasteiger partial charge < -0.3 is 10.6 Å². The number of rotatable bonds is 12. The van der Waals surface area contributed by atoms with Crippen LogP contribution in [0.2, 0.25) is 5.02 Å². The lowest BCUT2D eigenvalue weighted by Crippen LogP contribution is -2.18. The molecule has 0 bridgehead atoms. The highest BCUT2D eigenvalue weighted by Crippen LogP contribution is 2.40. The summed E-state index contributed by atoms with van der Waals surface area (Å²) >= 11 is 6.09. The lowest BCUT2D eigenvalue weighted by molar-refractivity contribution is -0.116. The highest BCUT2D eigenvalue weighted by atomic mass is 35.5. The Morgan fingerprint density at radius 2 is 1.42 bits per heavy atom. The minimum absolute atomic E-state index is 0.0655. The van der Waals surface area contributed by atoms with Crippen LogP contribution in [-0.2, 0) is 42.5 Å². The molecule has 2 aromatic heterocycles. The zero-order chi connectivity index (χ0) is 42.5. The van der Waals surface area contributed by atoms with Crippen LogP contribution in [-0.4, -0.2) is 43.4 Å². The Bertz CT molecular complexity index is 2750. The van der Waals surface area contributed by atoms with Gasteiger partial charge in [0.15, 0.2) is 0 Å². The maximum Gasteiger partial charge on any atom is 0.263 e. The summed E-state index contributed by atoms with van der Waals surface area (Å²) in [5.41, 5.74) is 3.25. The van der Waals surface area contributed by atoms with Crippen LogP contribution in [0, 0.1) is 5.82 Å². The van der Waals surface area contributed by atoms with Crippen molar-refractivity contribution in [2.75, 3.05) is 10.6 Å². The smallest absolute Gasteiger partial charge is 0.263 e. The molecule has 2 heterocycles. The molecule has 59 heavy (non-hydrogen) atoms. The molecule has 0 unspecified atom stereocenters. The standard InChI is InChI=1S/C20H19ClN4O3S.C20H16F3N3O3S/c21-17-4-2-1-3-14(17)9-20(26)24-16-7-8-18(19(10-16)29(22,27)28)25-12-15(11-23-25)13-5-6-13;21-15-8-14(10-25-11-15)17-6-5-16(9-18(17)30(24,28)29)26-19(27)7-12-1-3-13(4-2-12)20(22)23/h1-4,7-8,10-13H,5-6,9H2,(H,24,26)(H2,22,27,28);1-6,8-11,20H,7H2,(H,26,27)(H2,24,28,29). The summed E-state index contributed by atoms with van der Waals surface area (Å²) in [4.78, 5) is 27.9. The van der Waals surface area contributed by atoms with Gasteiger partial charge in [-0.3, -0.25) is 14.6 Å². The first-order valence-electron chi connectivity index (χ1n) is 17.6. The Morgan fingerprint density at radius 1 is 0.797 bits per heavy atom. The summed E-state index contributed by atoms with van der Waals surface area (Å²) < 4.78 is 88.5. The van der Waals surface area contributed by atoms with E-state index in [9.17, 15) is 39.6 Å². The molecule has 1 fully saturated rings. The molecule has 0 atom stereocenters. The van der Waals surface area contributed by atoms with Gasteiger partial charge in [-0.2, -0.15) is 5.10 Å². The number of hydrogen-bond acceptors (Lipinski definition) is 8. The number of carbonyl (C=O) groups excluding carboxylic acids is 2. The summed E-state index contributed by atoms with van der Waals surface area (Å²) in [5.74, 6) is -0.963. The highest BCUT2D eigenvalue weighted by molar-refractivity contribution is 7.89. The third-order valence-electron chi connectivity index (χ3n) is 8.94. The van der Waals surface area contributed by atoms with Gasteiger partial charge in [0.1, 0.15) is 10.7 Å². The maximum absolute atomic E-state index is 13.5. The maximum atomic E-state index is 13.5. The summed E-state index contributed by atoms with van der Waals surface area (Å²) in [6, 6.07) is 22.0. The molecule has 6 N–H and O–H groups in total. The molecule has 0 saturated heterocycles. The predicted octanol–water partition coefficient (Wildman–Crippen LogP) is 6.89. The molecule has 13 nitrogen and oxygen atoms in total. The van der Waals surface area contributed by atoms with Crippen molar-refractivity contribution < 1.29 is 39.6 Å². The fourth-order valence-corrected chi connectivity index (χ4v) is 7.66. The number of alkyl halides is 2. The second-order valence-corrected chi connectivity index (χ2v) is 16.9. The summed E-state index contributed by atoms with van der Waals surface area (Å²) in [6.45, 7) is 0. The van der Waals surface area contributed by atoms with Crippen LogP contribution in [0.4, 0.5) is 24.5 Å². The number of halogens is 4. The number of primary sulfonamides is 2. The molecule has 2 amide bonds. The molecule has 0 aliphatic heterocycles. The number of aromatic nitrogens is 3. The van der Waals surface area contributed by atoms with Crippen molar-refractivity contribution in [3.8, 4) is 16.8 Å². The van der Waals surface area contributed by atoms with E-state index in [-0.39, 0.29) is 50.9 Å². The van der Waals surface area contributed by atoms with Crippen molar-refractivity contribution >= 4 is 54.8 Å². The van der Waals surface area contributed by atoms with Crippen molar-refractivity contribution in [2.45, 2.75) is 47.8 Å². The van der Waals surface area contributed by atoms with E-state index in [4.69, 9.17) is 21.9 Å². The average Bonchev–Trinajstić information content (AvgIpc) is 3.91. The van der Waals surface area contributed by atoms with Crippen LogP contribution in [0.1, 0.15) is 47.4 Å². The van der Waals surface area contributed by atoms with Crippen molar-refractivity contribution in [1.82, 2.24) is 14.8 Å². The van der Waals surface area contributed by atoms with Gasteiger partial charge in [-0.1, -0.05) is 60.1 Å². The number of nitrogens with two attached hydrogens (primary N) is 2. The van der Waals surface area contributed by atoms with Gasteiger partial charge >= 0.3 is 0 Å². The molecule has 1 aliphatic carbocycles. The van der Waals surface area contributed by atoms with Gasteiger partial charge in [0, 0.05) is 45.5 Å². The van der Waals surface area contributed by atoms with Gasteiger partial charge in [-0.05, 0) is 77.9 Å². The van der Waals surface area contributed by atoms with Crippen LogP contribution < -0.4 is 20.9 Å². The average molecular weight is 866 g/mol. The summed E-state index contributed by atoms with van der Waals surface area (Å²) in [7, 11) is -8.23. The van der Waals surface area contributed by atoms with E-state index in [1.54, 1.807) is 42.6 Å². The number of nitrogens with one attached hydrogen (secondary N) is 2. The number of benzene rings is 4. The zero-order valence-corrected chi connectivity index (χ0v) is 33.1. The molecular formula is C40H35ClF3N7O6S2. The minimum Gasteiger partial charge on any atom is -0.326 e. The van der Waals surface area contributed by atoms with Gasteiger partial charge in [-0.25, -0.2) is 45.0 Å². The minimum atomic E-state index is -4.20. The van der Waals surface area contributed by atoms with Crippen molar-refractivity contribution in [3.63, 3.8) is 0 Å². The van der Waals surface area contributed by atoms with E-state index in [0.29, 0.717) is 33.4 Å². The molecule has 6 aromatic rings. The predicted molar refractivity (Wildman–Crippen MR) is 215 cm³/mol. The number of hydrogen-bond donors (Lipinski definition) is 4. The first-order chi connectivity index (χ1) is 27.9. The first kappa shape index (κ1) is 42.7. The Kier molecular flexibility index (Phi) is 13.0. The fourth-order valence-electron chi connectivity index (χ4n) is 5.93. The molecule has 0 radical (unpaired) electrons. The lowest BCUT2D eigenvalue weighted by Gasteiger charge is -2.12. The molecule has 19 heteroatoms. The van der Waals surface area contributed by atoms with Crippen LogP contribution in [0.5, 0.6) is 0 Å². The van der Waals surface area contributed by atoms with Gasteiger partial charge in [0.05, 0.1) is 35.8 Å². The Labute approximate surface area is 342 Å². The summed E-state index contributed by atoms with van der Waals surface area (Å²) in [5, 5.41) is 20.7. The fraction of sp³-hybridized carbons (Fsp3) is 0.150. The van der Waals surface area contributed by atoms with Gasteiger partial charge in [-0.15, -0.1) is 0 Å². The Hall–Kier alpha value is -5.92. The number of amides is 2. The first-order valence-corrected chi connectivity index (χ1v) is 21.1. The second-order valence-electron chi connectivity index (χ2n) is 13.5. The van der Waals surface area contributed by atoms with E-state index in [1.165, 1.54) is 53.3 Å². The SMILES string of the molecule is NS(=O)(=O)c1cc(NC(=O)Cc2ccc(C(F)F)cc2)ccc1-c1cncc(F)c1.NS(=O)(=O)c1cc(NC(=O)Cc2ccccc2Cl)ccc1-n1cc(C2CC2)cn1. The van der Waals surface area contributed by atoms with Crippen molar-refractivity contribution in [3.05, 3.63) is 149 Å². The number of carbonyl (C=O) groups is 2. The van der Waals surface area contributed by atoms with E-state index >= 15 is 0 Å². The Morgan fingerprint density at radius 3 is 2.03 bits per heavy atom. The molecule has 4 aromatic carbocycles. The van der Waals surface area contributed by atoms with E-state index in [0.717, 1.165) is 36.7 Å². The monoisotopic (exact) mass is 865 g/mol. The molecule has 1 saturated carbocycles. The topological polar surface area (TPSA) is 209 Å². The van der Waals surface area contributed by atoms with Crippen LogP contribution in [0.3, 0.4) is 0 Å². The van der Waals surface area contributed by atoms with E-state index < -0.39 is 38.2 Å². The Balaban J connectivity index is 0.000000198. The quantitative estimate of drug-likeness (QED) is 0.102. The second kappa shape index (κ2) is 17.9. The third-order valence-corrected chi connectivity index (χ3v) is 11.2. The summed E-state index contributed by atoms with van der Waals surface area (Å²) in [6.07, 6.45) is 5.41. The third kappa shape index (κ3) is 11.4. The lowest BCUT2D eigenvalue weighted by atomic mass is 10.1. The largest absolute Gasteiger partial charge is 0.326 e. The molecular weight excluding hydrogens is 831 g/mol. The van der Waals surface area contributed by atoms with Crippen molar-refractivity contribution in [1.29, 1.82) is 0 Å². The number of anilines is 2. The molecule has 7 rings (SSSR count). The van der Waals surface area contributed by atoms with Crippen LogP contribution >= 0.6 is 11.6 Å². The van der Waals surface area contributed by atoms with Gasteiger partial charge in [0.2, 0.25) is 31.9 Å². The van der Waals surface area contributed by atoms with Crippen LogP contribution in [0.25, 0.3) is 16.8 Å².